The maximum absolute atomic E-state index is 12.2. The van der Waals surface area contributed by atoms with E-state index in [2.05, 4.69) is 40.1 Å². The first-order valence-corrected chi connectivity index (χ1v) is 11.8. The fourth-order valence-electron chi connectivity index (χ4n) is 4.12. The largest absolute Gasteiger partial charge is 0.506 e. The number of amides is 1. The summed E-state index contributed by atoms with van der Waals surface area (Å²) in [6.45, 7) is 3.32. The topological polar surface area (TPSA) is 83.0 Å². The third-order valence-corrected chi connectivity index (χ3v) is 6.25. The number of hydrazone groups is 1. The lowest BCUT2D eigenvalue weighted by molar-refractivity contribution is 0.0955. The lowest BCUT2D eigenvalue weighted by atomic mass is 9.88. The zero-order valence-corrected chi connectivity index (χ0v) is 19.8. The number of halogens is 1. The zero-order chi connectivity index (χ0) is 23.9. The van der Waals surface area contributed by atoms with Crippen molar-refractivity contribution in [2.75, 3.05) is 13.2 Å². The molecule has 0 aliphatic heterocycles. The summed E-state index contributed by atoms with van der Waals surface area (Å²) in [4.78, 5) is 12.2. The van der Waals surface area contributed by atoms with Crippen molar-refractivity contribution in [2.45, 2.75) is 32.2 Å². The highest BCUT2D eigenvalue weighted by molar-refractivity contribution is 6.32. The van der Waals surface area contributed by atoms with Crippen LogP contribution in [0.25, 0.3) is 0 Å². The van der Waals surface area contributed by atoms with Gasteiger partial charge in [0, 0.05) is 18.2 Å². The highest BCUT2D eigenvalue weighted by atomic mass is 35.5. The Labute approximate surface area is 204 Å². The molecule has 1 amide bonds. The van der Waals surface area contributed by atoms with Crippen LogP contribution < -0.4 is 15.5 Å². The van der Waals surface area contributed by atoms with Crippen molar-refractivity contribution in [1.82, 2.24) is 10.7 Å². The number of carbonyl (C=O) groups excluding carboxylic acids is 1. The van der Waals surface area contributed by atoms with E-state index in [0.717, 1.165) is 36.3 Å². The van der Waals surface area contributed by atoms with Crippen LogP contribution in [0.2, 0.25) is 5.02 Å². The quantitative estimate of drug-likeness (QED) is 0.237. The van der Waals surface area contributed by atoms with E-state index < -0.39 is 5.91 Å². The zero-order valence-electron chi connectivity index (χ0n) is 19.1. The van der Waals surface area contributed by atoms with Gasteiger partial charge >= 0.3 is 0 Å². The molecule has 4 rings (SSSR count). The van der Waals surface area contributed by atoms with Crippen molar-refractivity contribution in [3.8, 4) is 11.5 Å². The molecule has 1 atom stereocenters. The first-order valence-electron chi connectivity index (χ1n) is 11.4. The maximum atomic E-state index is 12.2. The number of hydrogen-bond donors (Lipinski definition) is 3. The average Bonchev–Trinajstić information content (AvgIpc) is 2.84. The number of fused-ring (bicyclic) bond motifs is 1. The van der Waals surface area contributed by atoms with Gasteiger partial charge in [-0.15, -0.1) is 0 Å². The number of benzene rings is 3. The number of nitrogens with zero attached hydrogens (tertiary/aromatic N) is 1. The van der Waals surface area contributed by atoms with Gasteiger partial charge in [0.2, 0.25) is 0 Å². The Bertz CT molecular complexity index is 1200. The summed E-state index contributed by atoms with van der Waals surface area (Å²) in [6.07, 6.45) is 5.11. The number of nitrogens with one attached hydrogen (secondary N) is 2. The second kappa shape index (κ2) is 11.2. The van der Waals surface area contributed by atoms with Gasteiger partial charge in [-0.3, -0.25) is 4.79 Å². The summed E-state index contributed by atoms with van der Waals surface area (Å²) in [5.41, 5.74) is 7.49. The van der Waals surface area contributed by atoms with Gasteiger partial charge in [-0.2, -0.15) is 5.10 Å². The van der Waals surface area contributed by atoms with Gasteiger partial charge in [0.15, 0.2) is 0 Å². The van der Waals surface area contributed by atoms with Crippen LogP contribution >= 0.6 is 11.6 Å². The molecule has 1 unspecified atom stereocenters. The number of rotatable bonds is 8. The Morgan fingerprint density at radius 3 is 2.88 bits per heavy atom. The molecule has 176 valence electrons. The number of aromatic hydroxyl groups is 1. The van der Waals surface area contributed by atoms with E-state index in [1.165, 1.54) is 35.7 Å². The van der Waals surface area contributed by atoms with Crippen LogP contribution in [0.1, 0.15) is 51.5 Å². The van der Waals surface area contributed by atoms with Crippen LogP contribution in [0.15, 0.2) is 65.8 Å². The SMILES string of the molecule is Cc1cc(OCCNC2CCCc3ccccc32)ccc1/C=N/NC(=O)c1ccc(O)c(Cl)c1. The molecular formula is C27H28ClN3O3. The first-order chi connectivity index (χ1) is 16.5. The maximum Gasteiger partial charge on any atom is 0.271 e. The molecule has 0 radical (unpaired) electrons. The van der Waals surface area contributed by atoms with E-state index in [4.69, 9.17) is 16.3 Å². The van der Waals surface area contributed by atoms with E-state index in [9.17, 15) is 9.90 Å². The molecule has 0 saturated carbocycles. The van der Waals surface area contributed by atoms with E-state index in [0.29, 0.717) is 18.2 Å². The van der Waals surface area contributed by atoms with E-state index >= 15 is 0 Å². The first kappa shape index (κ1) is 23.8. The standard InChI is InChI=1S/C27H28ClN3O3/c1-18-15-22(34-14-13-29-25-8-4-6-19-5-2-3-7-23(19)25)11-9-21(18)17-30-31-27(33)20-10-12-26(32)24(28)16-20/h2-3,5,7,9-12,15-17,25,29,32H,4,6,8,13-14H2,1H3,(H,31,33)/b30-17+. The summed E-state index contributed by atoms with van der Waals surface area (Å²) in [6, 6.07) is 19.0. The van der Waals surface area contributed by atoms with Crippen molar-refractivity contribution >= 4 is 23.7 Å². The molecule has 0 aromatic heterocycles. The number of hydrogen-bond acceptors (Lipinski definition) is 5. The Morgan fingerprint density at radius 2 is 2.06 bits per heavy atom. The monoisotopic (exact) mass is 477 g/mol. The highest BCUT2D eigenvalue weighted by Crippen LogP contribution is 2.29. The van der Waals surface area contributed by atoms with Gasteiger partial charge in [0.05, 0.1) is 11.2 Å². The number of aryl methyl sites for hydroxylation is 2. The molecule has 1 aliphatic rings. The fraction of sp³-hybridized carbons (Fsp3) is 0.259. The van der Waals surface area contributed by atoms with Gasteiger partial charge < -0.3 is 15.2 Å². The van der Waals surface area contributed by atoms with Crippen LogP contribution in [0, 0.1) is 6.92 Å². The molecule has 6 nitrogen and oxygen atoms in total. The van der Waals surface area contributed by atoms with Crippen LogP contribution in [0.4, 0.5) is 0 Å². The van der Waals surface area contributed by atoms with Crippen LogP contribution in [-0.2, 0) is 6.42 Å². The Hall–Kier alpha value is -3.35. The van der Waals surface area contributed by atoms with Gasteiger partial charge in [-0.05, 0) is 84.8 Å². The van der Waals surface area contributed by atoms with Gasteiger partial charge in [-0.25, -0.2) is 5.43 Å². The van der Waals surface area contributed by atoms with Crippen molar-refractivity contribution in [1.29, 1.82) is 0 Å². The van der Waals surface area contributed by atoms with Crippen LogP contribution in [0.5, 0.6) is 11.5 Å². The van der Waals surface area contributed by atoms with Gasteiger partial charge in [0.25, 0.3) is 5.91 Å². The fourth-order valence-corrected chi connectivity index (χ4v) is 4.30. The highest BCUT2D eigenvalue weighted by Gasteiger charge is 2.18. The normalized spacial score (nSPS) is 15.2. The molecule has 0 saturated heterocycles. The van der Waals surface area contributed by atoms with Crippen molar-refractivity contribution in [2.24, 2.45) is 5.10 Å². The minimum Gasteiger partial charge on any atom is -0.506 e. The van der Waals surface area contributed by atoms with E-state index in [-0.39, 0.29) is 10.8 Å². The third kappa shape index (κ3) is 5.95. The van der Waals surface area contributed by atoms with E-state index in [1.54, 1.807) is 6.21 Å². The summed E-state index contributed by atoms with van der Waals surface area (Å²) in [5.74, 6) is 0.307. The molecule has 0 bridgehead atoms. The molecule has 34 heavy (non-hydrogen) atoms. The molecular weight excluding hydrogens is 450 g/mol. The third-order valence-electron chi connectivity index (χ3n) is 5.95. The number of ether oxygens (including phenoxy) is 1. The number of phenols is 1. The molecule has 0 heterocycles. The summed E-state index contributed by atoms with van der Waals surface area (Å²) < 4.78 is 5.93. The molecule has 3 aromatic rings. The van der Waals surface area contributed by atoms with Gasteiger partial charge in [0.1, 0.15) is 18.1 Å². The summed E-state index contributed by atoms with van der Waals surface area (Å²) >= 11 is 5.84. The lowest BCUT2D eigenvalue weighted by Gasteiger charge is -2.26. The molecule has 3 N–H and O–H groups in total. The Balaban J connectivity index is 1.25. The molecule has 7 heteroatoms. The molecule has 0 fully saturated rings. The molecule has 3 aromatic carbocycles. The van der Waals surface area contributed by atoms with Crippen LogP contribution in [0.3, 0.4) is 0 Å². The van der Waals surface area contributed by atoms with Gasteiger partial charge in [-0.1, -0.05) is 35.9 Å². The second-order valence-electron chi connectivity index (χ2n) is 8.33. The summed E-state index contributed by atoms with van der Waals surface area (Å²) in [5, 5.41) is 17.2. The number of carbonyl (C=O) groups is 1. The van der Waals surface area contributed by atoms with Crippen molar-refractivity contribution < 1.29 is 14.6 Å². The minimum absolute atomic E-state index is 0.0743. The minimum atomic E-state index is -0.413. The predicted molar refractivity (Wildman–Crippen MR) is 135 cm³/mol. The van der Waals surface area contributed by atoms with Crippen molar-refractivity contribution in [3.05, 3.63) is 93.5 Å². The Kier molecular flexibility index (Phi) is 7.83. The number of phenolic OH excluding ortho intramolecular Hbond substituents is 1. The van der Waals surface area contributed by atoms with Crippen LogP contribution in [-0.4, -0.2) is 30.4 Å². The Morgan fingerprint density at radius 1 is 1.21 bits per heavy atom. The van der Waals surface area contributed by atoms with Crippen molar-refractivity contribution in [3.63, 3.8) is 0 Å². The molecule has 0 spiro atoms. The second-order valence-corrected chi connectivity index (χ2v) is 8.74. The molecule has 1 aliphatic carbocycles. The predicted octanol–water partition coefficient (Wildman–Crippen LogP) is 5.16. The summed E-state index contributed by atoms with van der Waals surface area (Å²) in [7, 11) is 0. The average molecular weight is 478 g/mol. The van der Waals surface area contributed by atoms with E-state index in [1.807, 2.05) is 25.1 Å². The lowest BCUT2D eigenvalue weighted by Crippen LogP contribution is -2.28. The smallest absolute Gasteiger partial charge is 0.271 e.